The Kier molecular flexibility index (Phi) is 4.22. The van der Waals surface area contributed by atoms with Gasteiger partial charge in [-0.05, 0) is 51.5 Å². The number of halogens is 2. The van der Waals surface area contributed by atoms with Crippen molar-refractivity contribution < 1.29 is 0 Å². The van der Waals surface area contributed by atoms with Crippen LogP contribution in [0, 0.1) is 6.92 Å². The molecule has 1 aromatic carbocycles. The zero-order valence-electron chi connectivity index (χ0n) is 9.21. The highest BCUT2D eigenvalue weighted by atomic mass is 79.9. The number of rotatable bonds is 3. The molecule has 17 heavy (non-hydrogen) atoms. The predicted molar refractivity (Wildman–Crippen MR) is 77.4 cm³/mol. The lowest BCUT2D eigenvalue weighted by atomic mass is 10.0. The molecule has 0 saturated carbocycles. The first-order chi connectivity index (χ1) is 8.15. The van der Waals surface area contributed by atoms with Gasteiger partial charge in [-0.1, -0.05) is 23.7 Å². The molecule has 2 rings (SSSR count). The van der Waals surface area contributed by atoms with Crippen LogP contribution in [0.5, 0.6) is 0 Å². The number of thiophene rings is 1. The first kappa shape index (κ1) is 13.1. The fourth-order valence-electron chi connectivity index (χ4n) is 1.78. The fraction of sp³-hybridized carbons (Fsp3) is 0.167. The number of nitrogens with one attached hydrogen (secondary N) is 1. The van der Waals surface area contributed by atoms with Crippen molar-refractivity contribution in [2.24, 2.45) is 5.84 Å². The first-order valence-electron chi connectivity index (χ1n) is 5.09. The van der Waals surface area contributed by atoms with Crippen molar-refractivity contribution in [2.45, 2.75) is 13.0 Å². The molecule has 1 heterocycles. The summed E-state index contributed by atoms with van der Waals surface area (Å²) in [6.07, 6.45) is 0. The van der Waals surface area contributed by atoms with Gasteiger partial charge in [0.15, 0.2) is 0 Å². The van der Waals surface area contributed by atoms with Crippen LogP contribution in [-0.2, 0) is 0 Å². The molecule has 3 N–H and O–H groups in total. The Morgan fingerprint density at radius 1 is 1.35 bits per heavy atom. The van der Waals surface area contributed by atoms with E-state index < -0.39 is 0 Å². The molecule has 0 fully saturated rings. The smallest absolute Gasteiger partial charge is 0.0735 e. The minimum atomic E-state index is -0.0775. The summed E-state index contributed by atoms with van der Waals surface area (Å²) in [4.78, 5) is 1.24. The SMILES string of the molecule is Cc1sccc1C(NN)c1cccc(Br)c1Cl. The fourth-order valence-corrected chi connectivity index (χ4v) is 3.14. The molecule has 0 saturated heterocycles. The number of benzene rings is 1. The summed E-state index contributed by atoms with van der Waals surface area (Å²) in [6.45, 7) is 2.08. The van der Waals surface area contributed by atoms with E-state index in [1.54, 1.807) is 11.3 Å². The summed E-state index contributed by atoms with van der Waals surface area (Å²) in [5, 5.41) is 2.75. The molecule has 2 aromatic rings. The van der Waals surface area contributed by atoms with Gasteiger partial charge in [0.25, 0.3) is 0 Å². The highest BCUT2D eigenvalue weighted by Gasteiger charge is 2.19. The molecule has 1 aromatic heterocycles. The second-order valence-corrected chi connectivity index (χ2v) is 6.03. The quantitative estimate of drug-likeness (QED) is 0.658. The van der Waals surface area contributed by atoms with Crippen molar-refractivity contribution in [2.75, 3.05) is 0 Å². The minimum absolute atomic E-state index is 0.0775. The van der Waals surface area contributed by atoms with Gasteiger partial charge in [-0.15, -0.1) is 11.3 Å². The van der Waals surface area contributed by atoms with Crippen molar-refractivity contribution in [3.05, 3.63) is 55.1 Å². The maximum Gasteiger partial charge on any atom is 0.0735 e. The maximum absolute atomic E-state index is 6.30. The van der Waals surface area contributed by atoms with E-state index in [1.807, 2.05) is 18.2 Å². The molecule has 0 amide bonds. The van der Waals surface area contributed by atoms with Gasteiger partial charge in [-0.25, -0.2) is 5.43 Å². The summed E-state index contributed by atoms with van der Waals surface area (Å²) in [5.74, 6) is 5.66. The molecule has 1 atom stereocenters. The highest BCUT2D eigenvalue weighted by Crippen LogP contribution is 2.35. The van der Waals surface area contributed by atoms with Crippen LogP contribution in [0.2, 0.25) is 5.02 Å². The van der Waals surface area contributed by atoms with Gasteiger partial charge in [0, 0.05) is 9.35 Å². The molecule has 0 spiro atoms. The molecule has 0 aliphatic heterocycles. The summed E-state index contributed by atoms with van der Waals surface area (Å²) in [7, 11) is 0. The van der Waals surface area contributed by atoms with Crippen molar-refractivity contribution in [1.29, 1.82) is 0 Å². The van der Waals surface area contributed by atoms with Gasteiger partial charge in [0.2, 0.25) is 0 Å². The van der Waals surface area contributed by atoms with Crippen LogP contribution in [0.3, 0.4) is 0 Å². The van der Waals surface area contributed by atoms with Crippen LogP contribution in [-0.4, -0.2) is 0 Å². The molecule has 90 valence electrons. The van der Waals surface area contributed by atoms with Crippen LogP contribution in [0.1, 0.15) is 22.0 Å². The Morgan fingerprint density at radius 2 is 2.12 bits per heavy atom. The van der Waals surface area contributed by atoms with Crippen molar-refractivity contribution in [3.8, 4) is 0 Å². The molecule has 5 heteroatoms. The zero-order valence-corrected chi connectivity index (χ0v) is 12.4. The Labute approximate surface area is 118 Å². The third kappa shape index (κ3) is 2.56. The largest absolute Gasteiger partial charge is 0.271 e. The van der Waals surface area contributed by atoms with E-state index in [0.29, 0.717) is 5.02 Å². The molecule has 2 nitrogen and oxygen atoms in total. The minimum Gasteiger partial charge on any atom is -0.271 e. The Balaban J connectivity index is 2.50. The van der Waals surface area contributed by atoms with Gasteiger partial charge >= 0.3 is 0 Å². The number of hydrazine groups is 1. The lowest BCUT2D eigenvalue weighted by Crippen LogP contribution is -2.29. The second kappa shape index (κ2) is 5.50. The average Bonchev–Trinajstić information content (AvgIpc) is 2.72. The highest BCUT2D eigenvalue weighted by molar-refractivity contribution is 9.10. The van der Waals surface area contributed by atoms with Crippen LogP contribution in [0.25, 0.3) is 0 Å². The van der Waals surface area contributed by atoms with Gasteiger partial charge in [0.05, 0.1) is 11.1 Å². The van der Waals surface area contributed by atoms with E-state index in [4.69, 9.17) is 17.4 Å². The van der Waals surface area contributed by atoms with E-state index in [1.165, 1.54) is 4.88 Å². The van der Waals surface area contributed by atoms with Crippen molar-refractivity contribution in [3.63, 3.8) is 0 Å². The third-order valence-corrected chi connectivity index (χ3v) is 4.84. The van der Waals surface area contributed by atoms with Gasteiger partial charge in [0.1, 0.15) is 0 Å². The Bertz CT molecular complexity index is 527. The second-order valence-electron chi connectivity index (χ2n) is 3.67. The predicted octanol–water partition coefficient (Wildman–Crippen LogP) is 4.03. The van der Waals surface area contributed by atoms with E-state index >= 15 is 0 Å². The molecule has 0 aliphatic rings. The van der Waals surface area contributed by atoms with Crippen LogP contribution in [0.15, 0.2) is 34.1 Å². The van der Waals surface area contributed by atoms with Crippen LogP contribution < -0.4 is 11.3 Å². The summed E-state index contributed by atoms with van der Waals surface area (Å²) < 4.78 is 0.879. The number of hydrogen-bond donors (Lipinski definition) is 2. The van der Waals surface area contributed by atoms with Crippen molar-refractivity contribution >= 4 is 38.9 Å². The summed E-state index contributed by atoms with van der Waals surface area (Å²) in [6, 6.07) is 7.85. The summed E-state index contributed by atoms with van der Waals surface area (Å²) in [5.41, 5.74) is 4.97. The lowest BCUT2D eigenvalue weighted by molar-refractivity contribution is 0.636. The molecule has 0 aliphatic carbocycles. The Morgan fingerprint density at radius 3 is 2.71 bits per heavy atom. The first-order valence-corrected chi connectivity index (χ1v) is 7.14. The third-order valence-electron chi connectivity index (χ3n) is 2.67. The van der Waals surface area contributed by atoms with E-state index in [9.17, 15) is 0 Å². The molecule has 0 radical (unpaired) electrons. The molecule has 1 unspecified atom stereocenters. The Hall–Kier alpha value is -0.390. The average molecular weight is 332 g/mol. The van der Waals surface area contributed by atoms with Gasteiger partial charge in [-0.3, -0.25) is 5.84 Å². The molecular weight excluding hydrogens is 320 g/mol. The van der Waals surface area contributed by atoms with E-state index in [2.05, 4.69) is 39.7 Å². The van der Waals surface area contributed by atoms with Crippen molar-refractivity contribution in [1.82, 2.24) is 5.43 Å². The van der Waals surface area contributed by atoms with Crippen LogP contribution in [0.4, 0.5) is 0 Å². The zero-order chi connectivity index (χ0) is 12.4. The molecular formula is C12H12BrClN2S. The molecule has 0 bridgehead atoms. The topological polar surface area (TPSA) is 38.0 Å². The standard InChI is InChI=1S/C12H12BrClN2S/c1-7-8(5-6-17-7)12(16-15)9-3-2-4-10(13)11(9)14/h2-6,12,16H,15H2,1H3. The number of hydrogen-bond acceptors (Lipinski definition) is 3. The van der Waals surface area contributed by atoms with E-state index in [0.717, 1.165) is 15.6 Å². The number of nitrogens with two attached hydrogens (primary N) is 1. The van der Waals surface area contributed by atoms with E-state index in [-0.39, 0.29) is 6.04 Å². The van der Waals surface area contributed by atoms with Gasteiger partial charge in [-0.2, -0.15) is 0 Å². The number of aryl methyl sites for hydroxylation is 1. The summed E-state index contributed by atoms with van der Waals surface area (Å²) >= 11 is 11.4. The van der Waals surface area contributed by atoms with Gasteiger partial charge < -0.3 is 0 Å². The normalized spacial score (nSPS) is 12.7. The van der Waals surface area contributed by atoms with Crippen LogP contribution >= 0.6 is 38.9 Å². The lowest BCUT2D eigenvalue weighted by Gasteiger charge is -2.18. The maximum atomic E-state index is 6.30. The monoisotopic (exact) mass is 330 g/mol.